The Morgan fingerprint density at radius 2 is 1.78 bits per heavy atom. The minimum atomic E-state index is -0.596. The van der Waals surface area contributed by atoms with Crippen molar-refractivity contribution in [2.45, 2.75) is 20.0 Å². The molecule has 2 N–H and O–H groups in total. The van der Waals surface area contributed by atoms with E-state index in [9.17, 15) is 9.59 Å². The van der Waals surface area contributed by atoms with Gasteiger partial charge in [-0.25, -0.2) is 4.79 Å². The lowest BCUT2D eigenvalue weighted by Gasteiger charge is -2.33. The number of anilines is 3. The molecular formula is C25H25N3O4. The number of hydrogen-bond acceptors (Lipinski definition) is 4. The summed E-state index contributed by atoms with van der Waals surface area (Å²) in [4.78, 5) is 26.8. The van der Waals surface area contributed by atoms with Crippen molar-refractivity contribution in [3.05, 3.63) is 78.4 Å². The zero-order chi connectivity index (χ0) is 22.5. The first-order chi connectivity index (χ1) is 15.5. The van der Waals surface area contributed by atoms with Crippen LogP contribution in [0.3, 0.4) is 0 Å². The number of rotatable bonds is 6. The molecule has 0 fully saturated rings. The average molecular weight is 431 g/mol. The third-order valence-corrected chi connectivity index (χ3v) is 5.03. The Morgan fingerprint density at radius 1 is 1.00 bits per heavy atom. The topological polar surface area (TPSA) is 79.9 Å². The molecule has 3 aromatic rings. The van der Waals surface area contributed by atoms with Crippen LogP contribution >= 0.6 is 0 Å². The van der Waals surface area contributed by atoms with Crippen LogP contribution < -0.4 is 25.0 Å². The minimum Gasteiger partial charge on any atom is -0.492 e. The molecule has 0 aromatic heterocycles. The lowest BCUT2D eigenvalue weighted by molar-refractivity contribution is -0.125. The molecule has 7 nitrogen and oxygen atoms in total. The number of nitrogens with one attached hydrogen (secondary N) is 2. The monoisotopic (exact) mass is 431 g/mol. The number of ether oxygens (including phenoxy) is 2. The van der Waals surface area contributed by atoms with Gasteiger partial charge in [0.2, 0.25) is 0 Å². The number of aryl methyl sites for hydroxylation is 1. The Bertz CT molecular complexity index is 1120. The normalized spacial score (nSPS) is 14.9. The van der Waals surface area contributed by atoms with Crippen LogP contribution in [0.2, 0.25) is 0 Å². The third kappa shape index (κ3) is 5.00. The van der Waals surface area contributed by atoms with Crippen molar-refractivity contribution in [2.24, 2.45) is 0 Å². The van der Waals surface area contributed by atoms with E-state index in [1.165, 1.54) is 0 Å². The van der Waals surface area contributed by atoms with Gasteiger partial charge in [-0.15, -0.1) is 0 Å². The number of para-hydroxylation sites is 1. The van der Waals surface area contributed by atoms with Crippen LogP contribution in [0.4, 0.5) is 21.9 Å². The van der Waals surface area contributed by atoms with Crippen LogP contribution in [0, 0.1) is 6.92 Å². The Labute approximate surface area is 187 Å². The highest BCUT2D eigenvalue weighted by molar-refractivity contribution is 6.03. The number of benzene rings is 3. The molecule has 1 atom stereocenters. The zero-order valence-corrected chi connectivity index (χ0v) is 18.0. The van der Waals surface area contributed by atoms with Crippen molar-refractivity contribution >= 4 is 29.0 Å². The Balaban J connectivity index is 1.46. The van der Waals surface area contributed by atoms with Gasteiger partial charge in [-0.1, -0.05) is 30.3 Å². The maximum Gasteiger partial charge on any atom is 0.323 e. The highest BCUT2D eigenvalue weighted by Gasteiger charge is 2.31. The van der Waals surface area contributed by atoms with Crippen molar-refractivity contribution < 1.29 is 19.1 Å². The molecule has 1 heterocycles. The van der Waals surface area contributed by atoms with E-state index >= 15 is 0 Å². The number of fused-ring (bicyclic) bond motifs is 1. The fourth-order valence-electron chi connectivity index (χ4n) is 3.49. The predicted molar refractivity (Wildman–Crippen MR) is 125 cm³/mol. The summed E-state index contributed by atoms with van der Waals surface area (Å²) in [5, 5.41) is 5.57. The first kappa shape index (κ1) is 21.2. The summed E-state index contributed by atoms with van der Waals surface area (Å²) in [5.41, 5.74) is 2.94. The van der Waals surface area contributed by atoms with Gasteiger partial charge in [0, 0.05) is 11.4 Å². The van der Waals surface area contributed by atoms with E-state index in [0.29, 0.717) is 36.0 Å². The first-order valence-corrected chi connectivity index (χ1v) is 10.4. The fraction of sp³-hybridized carbons (Fsp3) is 0.200. The second kappa shape index (κ2) is 9.43. The van der Waals surface area contributed by atoms with Crippen molar-refractivity contribution in [3.63, 3.8) is 0 Å². The Morgan fingerprint density at radius 3 is 2.56 bits per heavy atom. The van der Waals surface area contributed by atoms with Crippen molar-refractivity contribution in [1.82, 2.24) is 0 Å². The van der Waals surface area contributed by atoms with E-state index in [-0.39, 0.29) is 11.9 Å². The maximum atomic E-state index is 12.8. The quantitative estimate of drug-likeness (QED) is 0.586. The molecule has 1 unspecified atom stereocenters. The minimum absolute atomic E-state index is 0.156. The van der Waals surface area contributed by atoms with Gasteiger partial charge in [0.1, 0.15) is 18.1 Å². The first-order valence-electron chi connectivity index (χ1n) is 10.4. The number of carbonyl (C=O) groups excluding carboxylic acids is 2. The third-order valence-electron chi connectivity index (χ3n) is 5.03. The van der Waals surface area contributed by atoms with Gasteiger partial charge in [0.25, 0.3) is 5.91 Å². The molecule has 3 aromatic carbocycles. The van der Waals surface area contributed by atoms with E-state index in [1.54, 1.807) is 42.2 Å². The lowest BCUT2D eigenvalue weighted by Crippen LogP contribution is -2.46. The van der Waals surface area contributed by atoms with Gasteiger partial charge in [-0.05, 0) is 61.9 Å². The molecule has 164 valence electrons. The lowest BCUT2D eigenvalue weighted by atomic mass is 10.1. The van der Waals surface area contributed by atoms with Crippen LogP contribution in [0.25, 0.3) is 0 Å². The number of amides is 3. The van der Waals surface area contributed by atoms with E-state index in [0.717, 1.165) is 11.3 Å². The molecular weight excluding hydrogens is 406 g/mol. The van der Waals surface area contributed by atoms with E-state index in [4.69, 9.17) is 9.47 Å². The average Bonchev–Trinajstić information content (AvgIpc) is 2.77. The molecule has 0 bridgehead atoms. The van der Waals surface area contributed by atoms with Gasteiger partial charge in [-0.2, -0.15) is 0 Å². The molecule has 1 aliphatic rings. The summed E-state index contributed by atoms with van der Waals surface area (Å²) in [7, 11) is 0. The number of urea groups is 1. The van der Waals surface area contributed by atoms with Gasteiger partial charge < -0.3 is 25.0 Å². The zero-order valence-electron chi connectivity index (χ0n) is 18.0. The molecule has 32 heavy (non-hydrogen) atoms. The summed E-state index contributed by atoms with van der Waals surface area (Å²) in [6, 6.07) is 21.8. The molecule has 0 saturated heterocycles. The van der Waals surface area contributed by atoms with Crippen molar-refractivity contribution in [1.29, 1.82) is 0 Å². The summed E-state index contributed by atoms with van der Waals surface area (Å²) >= 11 is 0. The van der Waals surface area contributed by atoms with Gasteiger partial charge in [0.05, 0.1) is 12.2 Å². The summed E-state index contributed by atoms with van der Waals surface area (Å²) in [5.74, 6) is 1.19. The second-order valence-corrected chi connectivity index (χ2v) is 7.54. The molecule has 3 amide bonds. The summed E-state index contributed by atoms with van der Waals surface area (Å²) < 4.78 is 11.6. The number of carbonyl (C=O) groups is 2. The standard InChI is InChI=1S/C25H25N3O4/c1-17-7-6-10-21(15-17)31-14-13-28-22-16-20(11-12-23(22)32-18(2)24(28)29)27-25(30)26-19-8-4-3-5-9-19/h3-12,15-16,18H,13-14H2,1-2H3,(H2,26,27,30). The highest BCUT2D eigenvalue weighted by Crippen LogP contribution is 2.36. The van der Waals surface area contributed by atoms with Gasteiger partial charge in [0.15, 0.2) is 6.10 Å². The largest absolute Gasteiger partial charge is 0.492 e. The van der Waals surface area contributed by atoms with Crippen LogP contribution in [-0.2, 0) is 4.79 Å². The van der Waals surface area contributed by atoms with Gasteiger partial charge in [-0.3, -0.25) is 4.79 Å². The fourth-order valence-corrected chi connectivity index (χ4v) is 3.49. The molecule has 4 rings (SSSR count). The van der Waals surface area contributed by atoms with E-state index in [2.05, 4.69) is 10.6 Å². The SMILES string of the molecule is Cc1cccc(OCCN2C(=O)C(C)Oc3ccc(NC(=O)Nc4ccccc4)cc32)c1. The van der Waals surface area contributed by atoms with E-state index in [1.807, 2.05) is 49.4 Å². The predicted octanol–water partition coefficient (Wildman–Crippen LogP) is 4.83. The summed E-state index contributed by atoms with van der Waals surface area (Å²) in [6.07, 6.45) is -0.596. The van der Waals surface area contributed by atoms with E-state index < -0.39 is 6.10 Å². The molecule has 0 radical (unpaired) electrons. The van der Waals surface area contributed by atoms with Crippen LogP contribution in [-0.4, -0.2) is 31.2 Å². The molecule has 0 spiro atoms. The van der Waals surface area contributed by atoms with Crippen molar-refractivity contribution in [3.8, 4) is 11.5 Å². The molecule has 7 heteroatoms. The number of nitrogens with zero attached hydrogens (tertiary/aromatic N) is 1. The van der Waals surface area contributed by atoms with Crippen LogP contribution in [0.5, 0.6) is 11.5 Å². The smallest absolute Gasteiger partial charge is 0.323 e. The molecule has 1 aliphatic heterocycles. The maximum absolute atomic E-state index is 12.8. The Kier molecular flexibility index (Phi) is 6.26. The van der Waals surface area contributed by atoms with Crippen LogP contribution in [0.1, 0.15) is 12.5 Å². The molecule has 0 aliphatic carbocycles. The van der Waals surface area contributed by atoms with Gasteiger partial charge >= 0.3 is 6.03 Å². The van der Waals surface area contributed by atoms with Crippen LogP contribution in [0.15, 0.2) is 72.8 Å². The number of hydrogen-bond donors (Lipinski definition) is 2. The Hall–Kier alpha value is -4.00. The second-order valence-electron chi connectivity index (χ2n) is 7.54. The molecule has 0 saturated carbocycles. The highest BCUT2D eigenvalue weighted by atomic mass is 16.5. The summed E-state index contributed by atoms with van der Waals surface area (Å²) in [6.45, 7) is 4.40. The van der Waals surface area contributed by atoms with Crippen molar-refractivity contribution in [2.75, 3.05) is 28.7 Å².